The van der Waals surface area contributed by atoms with Crippen molar-refractivity contribution in [3.8, 4) is 10.6 Å². The number of anilines is 4. The highest BCUT2D eigenvalue weighted by Crippen LogP contribution is 2.32. The lowest BCUT2D eigenvalue weighted by Crippen LogP contribution is -2.34. The van der Waals surface area contributed by atoms with E-state index in [1.807, 2.05) is 0 Å². The van der Waals surface area contributed by atoms with Gasteiger partial charge in [0.05, 0.1) is 10.2 Å². The Bertz CT molecular complexity index is 1270. The summed E-state index contributed by atoms with van der Waals surface area (Å²) < 4.78 is 1.22. The maximum Gasteiger partial charge on any atom is 0.233 e. The van der Waals surface area contributed by atoms with E-state index in [-0.39, 0.29) is 0 Å². The fraction of sp³-hybridized carbons (Fsp3) is 0.407. The first kappa shape index (κ1) is 22.2. The molecule has 2 aromatic heterocycles. The highest BCUT2D eigenvalue weighted by molar-refractivity contribution is 7.21. The van der Waals surface area contributed by atoms with Crippen molar-refractivity contribution >= 4 is 45.1 Å². The monoisotopic (exact) mass is 485 g/mol. The van der Waals surface area contributed by atoms with Crippen molar-refractivity contribution in [2.45, 2.75) is 45.4 Å². The molecule has 180 valence electrons. The number of nitrogens with zero attached hydrogens (tertiary/aromatic N) is 6. The quantitative estimate of drug-likeness (QED) is 0.362. The van der Waals surface area contributed by atoms with Gasteiger partial charge in [-0.2, -0.15) is 15.0 Å². The van der Waals surface area contributed by atoms with Crippen LogP contribution < -0.4 is 15.1 Å². The molecule has 0 bridgehead atoms. The first-order valence-corrected chi connectivity index (χ1v) is 13.5. The molecule has 7 nitrogen and oxygen atoms in total. The van der Waals surface area contributed by atoms with E-state index in [0.29, 0.717) is 5.95 Å². The van der Waals surface area contributed by atoms with Gasteiger partial charge in [-0.05, 0) is 87.4 Å². The van der Waals surface area contributed by atoms with Crippen molar-refractivity contribution in [3.63, 3.8) is 0 Å². The second-order valence-electron chi connectivity index (χ2n) is 9.55. The highest BCUT2D eigenvalue weighted by atomic mass is 32.1. The molecule has 0 saturated carbocycles. The number of benzene rings is 2. The lowest BCUT2D eigenvalue weighted by Gasteiger charge is -2.30. The predicted octanol–water partition coefficient (Wildman–Crippen LogP) is 6.18. The zero-order chi connectivity index (χ0) is 23.6. The van der Waals surface area contributed by atoms with Gasteiger partial charge >= 0.3 is 0 Å². The summed E-state index contributed by atoms with van der Waals surface area (Å²) >= 11 is 1.73. The zero-order valence-electron chi connectivity index (χ0n) is 20.2. The molecule has 35 heavy (non-hydrogen) atoms. The molecule has 0 unspecified atom stereocenters. The largest absolute Gasteiger partial charge is 0.341 e. The second kappa shape index (κ2) is 9.77. The number of piperidine rings is 2. The summed E-state index contributed by atoms with van der Waals surface area (Å²) in [4.78, 5) is 24.0. The van der Waals surface area contributed by atoms with Gasteiger partial charge in [-0.1, -0.05) is 6.07 Å². The smallest absolute Gasteiger partial charge is 0.233 e. The number of nitrogens with one attached hydrogen (secondary N) is 1. The number of hydrogen-bond acceptors (Lipinski definition) is 8. The predicted molar refractivity (Wildman–Crippen MR) is 145 cm³/mol. The molecule has 2 aromatic carbocycles. The Kier molecular flexibility index (Phi) is 6.21. The molecule has 4 heterocycles. The number of fused-ring (bicyclic) bond motifs is 1. The van der Waals surface area contributed by atoms with Gasteiger partial charge in [-0.3, -0.25) is 0 Å². The summed E-state index contributed by atoms with van der Waals surface area (Å²) in [5.41, 5.74) is 4.40. The van der Waals surface area contributed by atoms with Crippen molar-refractivity contribution in [2.75, 3.05) is 41.3 Å². The van der Waals surface area contributed by atoms with Crippen molar-refractivity contribution in [3.05, 3.63) is 48.0 Å². The van der Waals surface area contributed by atoms with E-state index >= 15 is 0 Å². The normalized spacial score (nSPS) is 16.6. The molecule has 0 atom stereocenters. The van der Waals surface area contributed by atoms with Crippen molar-refractivity contribution in [1.82, 2.24) is 19.9 Å². The summed E-state index contributed by atoms with van der Waals surface area (Å²) in [5.74, 6) is 2.21. The summed E-state index contributed by atoms with van der Waals surface area (Å²) in [6, 6.07) is 14.8. The van der Waals surface area contributed by atoms with Crippen LogP contribution in [0.4, 0.5) is 23.5 Å². The summed E-state index contributed by atoms with van der Waals surface area (Å²) in [6.45, 7) is 6.17. The number of aryl methyl sites for hydroxylation is 1. The fourth-order valence-corrected chi connectivity index (χ4v) is 5.93. The van der Waals surface area contributed by atoms with E-state index in [9.17, 15) is 0 Å². The van der Waals surface area contributed by atoms with Gasteiger partial charge in [0.2, 0.25) is 17.8 Å². The minimum atomic E-state index is 0.615. The van der Waals surface area contributed by atoms with Crippen LogP contribution in [0.25, 0.3) is 20.8 Å². The standard InChI is InChI=1S/C27H31N7S/c1-19-8-13-22-23(18-19)35-24(29-22)20-9-11-21(12-10-20)28-25-30-26(33-14-4-2-5-15-33)32-27(31-25)34-16-6-3-7-17-34/h8-13,18H,2-7,14-17H2,1H3,(H,28,30,31,32). The van der Waals surface area contributed by atoms with Gasteiger partial charge in [0.1, 0.15) is 5.01 Å². The molecule has 2 fully saturated rings. The zero-order valence-corrected chi connectivity index (χ0v) is 21.0. The second-order valence-corrected chi connectivity index (χ2v) is 10.6. The summed E-state index contributed by atoms with van der Waals surface area (Å²) in [7, 11) is 0. The van der Waals surface area contributed by atoms with Gasteiger partial charge in [0, 0.05) is 37.4 Å². The first-order valence-electron chi connectivity index (χ1n) is 12.7. The number of hydrogen-bond donors (Lipinski definition) is 1. The van der Waals surface area contributed by atoms with Crippen molar-refractivity contribution in [2.24, 2.45) is 0 Å². The molecule has 0 aliphatic carbocycles. The third-order valence-corrected chi connectivity index (χ3v) is 7.89. The van der Waals surface area contributed by atoms with E-state index in [1.165, 1.54) is 48.8 Å². The molecular formula is C27H31N7S. The molecule has 2 saturated heterocycles. The lowest BCUT2D eigenvalue weighted by molar-refractivity contribution is 0.556. The minimum Gasteiger partial charge on any atom is -0.341 e. The van der Waals surface area contributed by atoms with Crippen LogP contribution in [0, 0.1) is 6.92 Å². The molecule has 4 aromatic rings. The summed E-state index contributed by atoms with van der Waals surface area (Å²) in [5, 5.41) is 4.48. The molecule has 0 spiro atoms. The van der Waals surface area contributed by atoms with Crippen LogP contribution in [-0.4, -0.2) is 46.1 Å². The van der Waals surface area contributed by atoms with Crippen LogP contribution in [0.15, 0.2) is 42.5 Å². The molecule has 8 heteroatoms. The van der Waals surface area contributed by atoms with E-state index in [4.69, 9.17) is 19.9 Å². The van der Waals surface area contributed by atoms with Crippen molar-refractivity contribution < 1.29 is 0 Å². The first-order chi connectivity index (χ1) is 17.2. The molecule has 1 N–H and O–H groups in total. The van der Waals surface area contributed by atoms with E-state index in [0.717, 1.165) is 59.9 Å². The Morgan fingerprint density at radius 3 is 1.97 bits per heavy atom. The molecule has 0 amide bonds. The van der Waals surface area contributed by atoms with Gasteiger partial charge in [-0.25, -0.2) is 4.98 Å². The van der Waals surface area contributed by atoms with Gasteiger partial charge in [0.15, 0.2) is 0 Å². The van der Waals surface area contributed by atoms with Crippen molar-refractivity contribution in [1.29, 1.82) is 0 Å². The third kappa shape index (κ3) is 4.93. The van der Waals surface area contributed by atoms with Crippen LogP contribution in [0.3, 0.4) is 0 Å². The average Bonchev–Trinajstić information content (AvgIpc) is 3.33. The van der Waals surface area contributed by atoms with Gasteiger partial charge < -0.3 is 15.1 Å². The Morgan fingerprint density at radius 1 is 0.714 bits per heavy atom. The molecule has 2 aliphatic heterocycles. The van der Waals surface area contributed by atoms with Crippen LogP contribution in [0.5, 0.6) is 0 Å². The molecule has 2 aliphatic rings. The van der Waals surface area contributed by atoms with E-state index in [2.05, 4.69) is 64.5 Å². The maximum absolute atomic E-state index is 4.89. The van der Waals surface area contributed by atoms with Crippen LogP contribution in [0.2, 0.25) is 0 Å². The Morgan fingerprint density at radius 2 is 1.34 bits per heavy atom. The number of rotatable bonds is 5. The topological polar surface area (TPSA) is 70.1 Å². The third-order valence-electron chi connectivity index (χ3n) is 6.82. The maximum atomic E-state index is 4.89. The Balaban J connectivity index is 1.26. The van der Waals surface area contributed by atoms with Gasteiger partial charge in [-0.15, -0.1) is 11.3 Å². The van der Waals surface area contributed by atoms with Crippen LogP contribution in [-0.2, 0) is 0 Å². The van der Waals surface area contributed by atoms with Gasteiger partial charge in [0.25, 0.3) is 0 Å². The van der Waals surface area contributed by atoms with E-state index < -0.39 is 0 Å². The summed E-state index contributed by atoms with van der Waals surface area (Å²) in [6.07, 6.45) is 7.35. The molecular weight excluding hydrogens is 454 g/mol. The number of thiazole rings is 1. The average molecular weight is 486 g/mol. The Labute approximate surface area is 210 Å². The Hall–Kier alpha value is -3.26. The highest BCUT2D eigenvalue weighted by Gasteiger charge is 2.20. The number of aromatic nitrogens is 4. The molecule has 0 radical (unpaired) electrons. The van der Waals surface area contributed by atoms with E-state index in [1.54, 1.807) is 11.3 Å². The fourth-order valence-electron chi connectivity index (χ4n) is 4.86. The lowest BCUT2D eigenvalue weighted by atomic mass is 10.1. The van der Waals surface area contributed by atoms with Crippen LogP contribution in [0.1, 0.15) is 44.1 Å². The minimum absolute atomic E-state index is 0.615. The van der Waals surface area contributed by atoms with Crippen LogP contribution >= 0.6 is 11.3 Å². The molecule has 6 rings (SSSR count). The SMILES string of the molecule is Cc1ccc2nc(-c3ccc(Nc4nc(N5CCCCC5)nc(N5CCCCC5)n4)cc3)sc2c1.